The van der Waals surface area contributed by atoms with Gasteiger partial charge in [-0.3, -0.25) is 9.59 Å². The fourth-order valence-electron chi connectivity index (χ4n) is 4.87. The van der Waals surface area contributed by atoms with Crippen molar-refractivity contribution in [1.82, 2.24) is 14.7 Å². The molecule has 1 aliphatic heterocycles. The van der Waals surface area contributed by atoms with Crippen molar-refractivity contribution in [2.45, 2.75) is 51.5 Å². The highest BCUT2D eigenvalue weighted by Crippen LogP contribution is 2.39. The highest BCUT2D eigenvalue weighted by molar-refractivity contribution is 6.03. The summed E-state index contributed by atoms with van der Waals surface area (Å²) in [5.74, 6) is 0.743. The number of benzene rings is 2. The van der Waals surface area contributed by atoms with E-state index in [9.17, 15) is 9.59 Å². The number of nitrogens with one attached hydrogen (secondary N) is 1. The Morgan fingerprint density at radius 1 is 1.20 bits per heavy atom. The fraction of sp³-hybridized carbons (Fsp3) is 0.357. The fourth-order valence-corrected chi connectivity index (χ4v) is 4.87. The maximum Gasteiger partial charge on any atom is 0.274 e. The molecule has 1 atom stereocenters. The van der Waals surface area contributed by atoms with Crippen LogP contribution in [0.3, 0.4) is 0 Å². The van der Waals surface area contributed by atoms with Crippen molar-refractivity contribution in [3.63, 3.8) is 0 Å². The summed E-state index contributed by atoms with van der Waals surface area (Å²) >= 11 is 0. The van der Waals surface area contributed by atoms with Crippen LogP contribution < -0.4 is 5.32 Å². The van der Waals surface area contributed by atoms with E-state index in [4.69, 9.17) is 6.57 Å². The molecule has 1 aromatic heterocycles. The van der Waals surface area contributed by atoms with E-state index in [0.717, 1.165) is 37.3 Å². The van der Waals surface area contributed by atoms with Gasteiger partial charge in [0.1, 0.15) is 5.69 Å². The molecule has 7 nitrogen and oxygen atoms in total. The van der Waals surface area contributed by atoms with E-state index in [-0.39, 0.29) is 17.9 Å². The van der Waals surface area contributed by atoms with Crippen molar-refractivity contribution in [2.24, 2.45) is 5.92 Å². The molecule has 2 fully saturated rings. The molecule has 0 spiro atoms. The van der Waals surface area contributed by atoms with Crippen molar-refractivity contribution >= 4 is 23.2 Å². The lowest BCUT2D eigenvalue weighted by Gasteiger charge is -2.29. The minimum absolute atomic E-state index is 0.0478. The van der Waals surface area contributed by atoms with Crippen LogP contribution in [0.25, 0.3) is 10.5 Å². The van der Waals surface area contributed by atoms with Gasteiger partial charge in [-0.1, -0.05) is 37.1 Å². The third-order valence-corrected chi connectivity index (χ3v) is 6.83. The second kappa shape index (κ2) is 9.75. The zero-order valence-corrected chi connectivity index (χ0v) is 19.9. The Labute approximate surface area is 205 Å². The minimum atomic E-state index is -0.275. The largest absolute Gasteiger partial charge is 0.336 e. The van der Waals surface area contributed by atoms with Crippen molar-refractivity contribution < 1.29 is 9.59 Å². The first-order valence-corrected chi connectivity index (χ1v) is 12.3. The standard InChI is InChI=1S/C28H29N5O2/c1-19-16-26(33(31-19)24-9-4-7-22(18-24)29-2)28(35)30-23-8-3-6-21(17-23)25(14-13-20-11-12-20)32-15-5-10-27(32)34/h3-4,6-9,16-18,20,25H,5,10-15H2,1H3,(H,30,35). The summed E-state index contributed by atoms with van der Waals surface area (Å²) in [4.78, 5) is 31.3. The van der Waals surface area contributed by atoms with E-state index < -0.39 is 0 Å². The van der Waals surface area contributed by atoms with Crippen molar-refractivity contribution in [1.29, 1.82) is 0 Å². The van der Waals surface area contributed by atoms with Gasteiger partial charge in [0.25, 0.3) is 5.91 Å². The van der Waals surface area contributed by atoms with E-state index in [1.54, 1.807) is 28.9 Å². The van der Waals surface area contributed by atoms with E-state index in [0.29, 0.717) is 34.9 Å². The van der Waals surface area contributed by atoms with Crippen LogP contribution in [-0.2, 0) is 4.79 Å². The van der Waals surface area contributed by atoms with E-state index in [1.807, 2.05) is 36.1 Å². The van der Waals surface area contributed by atoms with Crippen molar-refractivity contribution in [2.75, 3.05) is 11.9 Å². The molecule has 3 aromatic rings. The Balaban J connectivity index is 1.39. The second-order valence-electron chi connectivity index (χ2n) is 9.52. The summed E-state index contributed by atoms with van der Waals surface area (Å²) < 4.78 is 1.57. The molecule has 2 heterocycles. The Morgan fingerprint density at radius 2 is 2.03 bits per heavy atom. The number of amides is 2. The normalized spacial score (nSPS) is 16.2. The number of rotatable bonds is 8. The first kappa shape index (κ1) is 22.9. The molecule has 2 amide bonds. The topological polar surface area (TPSA) is 71.6 Å². The zero-order chi connectivity index (χ0) is 24.4. The van der Waals surface area contributed by atoms with Gasteiger partial charge in [0.15, 0.2) is 5.69 Å². The maximum atomic E-state index is 13.3. The first-order valence-electron chi connectivity index (χ1n) is 12.3. The summed E-state index contributed by atoms with van der Waals surface area (Å²) in [5.41, 5.74) is 4.02. The van der Waals surface area contributed by atoms with Gasteiger partial charge in [0, 0.05) is 18.7 Å². The molecule has 2 aromatic carbocycles. The van der Waals surface area contributed by atoms with E-state index in [1.165, 1.54) is 12.8 Å². The molecular formula is C28H29N5O2. The predicted octanol–water partition coefficient (Wildman–Crippen LogP) is 5.84. The number of aryl methyl sites for hydroxylation is 1. The van der Waals surface area contributed by atoms with E-state index in [2.05, 4.69) is 21.3 Å². The molecule has 7 heteroatoms. The van der Waals surface area contributed by atoms with Crippen LogP contribution in [0.4, 0.5) is 11.4 Å². The Morgan fingerprint density at radius 3 is 2.77 bits per heavy atom. The Hall–Kier alpha value is -3.92. The third-order valence-electron chi connectivity index (χ3n) is 6.83. The molecule has 35 heavy (non-hydrogen) atoms. The SMILES string of the molecule is [C-]#[N+]c1cccc(-n2nc(C)cc2C(=O)Nc2cccc(C(CCC3CC3)N3CCCC3=O)c2)c1. The predicted molar refractivity (Wildman–Crippen MR) is 135 cm³/mol. The van der Waals surface area contributed by atoms with Gasteiger partial charge >= 0.3 is 0 Å². The van der Waals surface area contributed by atoms with Crippen LogP contribution in [0.2, 0.25) is 0 Å². The average Bonchev–Trinajstić information content (AvgIpc) is 3.47. The number of hydrogen-bond acceptors (Lipinski definition) is 3. The molecule has 1 N–H and O–H groups in total. The van der Waals surface area contributed by atoms with Gasteiger partial charge in [-0.05, 0) is 68.0 Å². The van der Waals surface area contributed by atoms with Crippen LogP contribution in [0, 0.1) is 19.4 Å². The van der Waals surface area contributed by atoms with Crippen LogP contribution in [0.15, 0.2) is 54.6 Å². The van der Waals surface area contributed by atoms with Crippen molar-refractivity contribution in [3.05, 3.63) is 83.0 Å². The molecule has 1 aliphatic carbocycles. The Bertz CT molecular complexity index is 1300. The molecule has 1 saturated heterocycles. The number of anilines is 1. The molecule has 1 unspecified atom stereocenters. The third kappa shape index (κ3) is 5.12. The summed E-state index contributed by atoms with van der Waals surface area (Å²) in [5, 5.41) is 7.50. The van der Waals surface area contributed by atoms with Gasteiger partial charge < -0.3 is 10.2 Å². The lowest BCUT2D eigenvalue weighted by atomic mass is 9.98. The van der Waals surface area contributed by atoms with Gasteiger partial charge in [-0.2, -0.15) is 5.10 Å². The first-order chi connectivity index (χ1) is 17.0. The molecular weight excluding hydrogens is 438 g/mol. The molecule has 1 saturated carbocycles. The number of aromatic nitrogens is 2. The van der Waals surface area contributed by atoms with Gasteiger partial charge in [0.2, 0.25) is 5.91 Å². The monoisotopic (exact) mass is 467 g/mol. The van der Waals surface area contributed by atoms with Crippen LogP contribution in [0.5, 0.6) is 0 Å². The lowest BCUT2D eigenvalue weighted by Crippen LogP contribution is -2.30. The average molecular weight is 468 g/mol. The quantitative estimate of drug-likeness (QED) is 0.423. The second-order valence-corrected chi connectivity index (χ2v) is 9.52. The lowest BCUT2D eigenvalue weighted by molar-refractivity contribution is -0.130. The van der Waals surface area contributed by atoms with Gasteiger partial charge in [0.05, 0.1) is 24.0 Å². The number of hydrogen-bond donors (Lipinski definition) is 1. The summed E-state index contributed by atoms with van der Waals surface area (Å²) in [7, 11) is 0. The summed E-state index contributed by atoms with van der Waals surface area (Å²) in [6.07, 6.45) is 6.21. The summed E-state index contributed by atoms with van der Waals surface area (Å²) in [6.45, 7) is 9.91. The van der Waals surface area contributed by atoms with Gasteiger partial charge in [-0.15, -0.1) is 0 Å². The number of carbonyl (C=O) groups is 2. The highest BCUT2D eigenvalue weighted by Gasteiger charge is 2.31. The molecule has 2 aliphatic rings. The van der Waals surface area contributed by atoms with E-state index >= 15 is 0 Å². The molecule has 178 valence electrons. The number of carbonyl (C=O) groups excluding carboxylic acids is 2. The maximum absolute atomic E-state index is 13.3. The van der Waals surface area contributed by atoms with Crippen LogP contribution in [-0.4, -0.2) is 33.0 Å². The van der Waals surface area contributed by atoms with Crippen molar-refractivity contribution in [3.8, 4) is 5.69 Å². The van der Waals surface area contributed by atoms with Crippen LogP contribution in [0.1, 0.15) is 66.3 Å². The van der Waals surface area contributed by atoms with Gasteiger partial charge in [-0.25, -0.2) is 9.53 Å². The smallest absolute Gasteiger partial charge is 0.274 e. The highest BCUT2D eigenvalue weighted by atomic mass is 16.2. The number of likely N-dealkylation sites (tertiary alicyclic amines) is 1. The zero-order valence-electron chi connectivity index (χ0n) is 19.9. The van der Waals surface area contributed by atoms with Crippen LogP contribution >= 0.6 is 0 Å². The molecule has 5 rings (SSSR count). The molecule has 0 bridgehead atoms. The molecule has 0 radical (unpaired) electrons. The minimum Gasteiger partial charge on any atom is -0.336 e. The summed E-state index contributed by atoms with van der Waals surface area (Å²) in [6, 6.07) is 16.7. The number of nitrogens with zero attached hydrogens (tertiary/aromatic N) is 4. The Kier molecular flexibility index (Phi) is 6.37.